The Morgan fingerprint density at radius 3 is 2.83 bits per heavy atom. The smallest absolute Gasteiger partial charge is 0.277 e. The SMILES string of the molecule is O=C(CSc1nnc(-c2ccc3c(c2)OCO3)o1)N1CCCCC1. The molecule has 1 fully saturated rings. The van der Waals surface area contributed by atoms with Crippen LogP contribution in [0.5, 0.6) is 11.5 Å². The Morgan fingerprint density at radius 1 is 1.12 bits per heavy atom. The molecule has 1 saturated heterocycles. The summed E-state index contributed by atoms with van der Waals surface area (Å²) in [6.45, 7) is 1.93. The molecule has 0 unspecified atom stereocenters. The lowest BCUT2D eigenvalue weighted by Crippen LogP contribution is -2.36. The Balaban J connectivity index is 1.39. The lowest BCUT2D eigenvalue weighted by Gasteiger charge is -2.26. The molecule has 2 aliphatic rings. The van der Waals surface area contributed by atoms with Crippen LogP contribution < -0.4 is 9.47 Å². The molecule has 1 aromatic heterocycles. The maximum Gasteiger partial charge on any atom is 0.277 e. The minimum atomic E-state index is 0.127. The van der Waals surface area contributed by atoms with Gasteiger partial charge in [0.2, 0.25) is 18.6 Å². The summed E-state index contributed by atoms with van der Waals surface area (Å²) < 4.78 is 16.3. The van der Waals surface area contributed by atoms with Crippen LogP contribution in [0.3, 0.4) is 0 Å². The molecule has 0 atom stereocenters. The summed E-state index contributed by atoms with van der Waals surface area (Å²) in [4.78, 5) is 14.1. The van der Waals surface area contributed by atoms with E-state index < -0.39 is 0 Å². The second-order valence-corrected chi connectivity index (χ2v) is 6.60. The van der Waals surface area contributed by atoms with Gasteiger partial charge in [-0.05, 0) is 37.5 Å². The average Bonchev–Trinajstić information content (AvgIpc) is 3.29. The minimum Gasteiger partial charge on any atom is -0.454 e. The number of carbonyl (C=O) groups is 1. The number of benzene rings is 1. The molecule has 0 saturated carbocycles. The zero-order valence-electron chi connectivity index (χ0n) is 13.1. The van der Waals surface area contributed by atoms with Crippen molar-refractivity contribution in [3.63, 3.8) is 0 Å². The largest absolute Gasteiger partial charge is 0.454 e. The van der Waals surface area contributed by atoms with Gasteiger partial charge in [0.05, 0.1) is 5.75 Å². The predicted molar refractivity (Wildman–Crippen MR) is 87.0 cm³/mol. The van der Waals surface area contributed by atoms with Crippen LogP contribution in [0.2, 0.25) is 0 Å². The Hall–Kier alpha value is -2.22. The van der Waals surface area contributed by atoms with E-state index in [1.54, 1.807) is 0 Å². The molecule has 1 amide bonds. The number of fused-ring (bicyclic) bond motifs is 1. The van der Waals surface area contributed by atoms with E-state index in [1.807, 2.05) is 23.1 Å². The predicted octanol–water partition coefficient (Wildman–Crippen LogP) is 2.57. The van der Waals surface area contributed by atoms with Crippen molar-refractivity contribution in [1.29, 1.82) is 0 Å². The highest BCUT2D eigenvalue weighted by Gasteiger charge is 2.19. The van der Waals surface area contributed by atoms with Crippen molar-refractivity contribution in [2.45, 2.75) is 24.5 Å². The molecule has 24 heavy (non-hydrogen) atoms. The monoisotopic (exact) mass is 347 g/mol. The van der Waals surface area contributed by atoms with Crippen molar-refractivity contribution in [2.24, 2.45) is 0 Å². The van der Waals surface area contributed by atoms with Gasteiger partial charge in [-0.2, -0.15) is 0 Å². The van der Waals surface area contributed by atoms with Gasteiger partial charge in [0.15, 0.2) is 11.5 Å². The number of carbonyl (C=O) groups excluding carboxylic acids is 1. The highest BCUT2D eigenvalue weighted by molar-refractivity contribution is 7.99. The van der Waals surface area contributed by atoms with Gasteiger partial charge in [0.1, 0.15) is 0 Å². The third-order valence-electron chi connectivity index (χ3n) is 4.05. The van der Waals surface area contributed by atoms with Gasteiger partial charge in [-0.15, -0.1) is 10.2 Å². The lowest BCUT2D eigenvalue weighted by atomic mass is 10.1. The van der Waals surface area contributed by atoms with Gasteiger partial charge < -0.3 is 18.8 Å². The standard InChI is InChI=1S/C16H17N3O4S/c20-14(19-6-2-1-3-7-19)9-24-16-18-17-15(23-16)11-4-5-12-13(8-11)22-10-21-12/h4-5,8H,1-3,6-7,9-10H2. The van der Waals surface area contributed by atoms with Crippen LogP contribution in [0.4, 0.5) is 0 Å². The Morgan fingerprint density at radius 2 is 1.96 bits per heavy atom. The Kier molecular flexibility index (Phi) is 4.29. The maximum atomic E-state index is 12.2. The molecule has 0 bridgehead atoms. The van der Waals surface area contributed by atoms with E-state index in [-0.39, 0.29) is 12.7 Å². The molecule has 0 radical (unpaired) electrons. The first-order valence-corrected chi connectivity index (χ1v) is 8.92. The summed E-state index contributed by atoms with van der Waals surface area (Å²) >= 11 is 1.28. The number of aromatic nitrogens is 2. The number of hydrogen-bond donors (Lipinski definition) is 0. The first-order chi connectivity index (χ1) is 11.8. The summed E-state index contributed by atoms with van der Waals surface area (Å²) in [5.41, 5.74) is 0.765. The number of likely N-dealkylation sites (tertiary alicyclic amines) is 1. The Bertz CT molecular complexity index is 743. The van der Waals surface area contributed by atoms with Crippen LogP contribution in [-0.2, 0) is 4.79 Å². The molecular weight excluding hydrogens is 330 g/mol. The van der Waals surface area contributed by atoms with Crippen LogP contribution in [0, 0.1) is 0 Å². The molecule has 3 heterocycles. The van der Waals surface area contributed by atoms with Crippen LogP contribution in [0.15, 0.2) is 27.8 Å². The highest BCUT2D eigenvalue weighted by Crippen LogP contribution is 2.36. The molecular formula is C16H17N3O4S. The fourth-order valence-electron chi connectivity index (χ4n) is 2.77. The molecule has 7 nitrogen and oxygen atoms in total. The van der Waals surface area contributed by atoms with E-state index >= 15 is 0 Å². The maximum absolute atomic E-state index is 12.2. The number of ether oxygens (including phenoxy) is 2. The second kappa shape index (κ2) is 6.72. The number of rotatable bonds is 4. The van der Waals surface area contributed by atoms with Gasteiger partial charge >= 0.3 is 0 Å². The van der Waals surface area contributed by atoms with Crippen LogP contribution in [0.25, 0.3) is 11.5 Å². The number of thioether (sulfide) groups is 1. The third-order valence-corrected chi connectivity index (χ3v) is 4.86. The zero-order chi connectivity index (χ0) is 16.4. The molecule has 0 aliphatic carbocycles. The fourth-order valence-corrected chi connectivity index (χ4v) is 3.44. The number of amides is 1. The van der Waals surface area contributed by atoms with Crippen molar-refractivity contribution in [1.82, 2.24) is 15.1 Å². The molecule has 1 aromatic carbocycles. The van der Waals surface area contributed by atoms with E-state index in [1.165, 1.54) is 18.2 Å². The normalized spacial score (nSPS) is 16.4. The topological polar surface area (TPSA) is 77.7 Å². The summed E-state index contributed by atoms with van der Waals surface area (Å²) in [5.74, 6) is 2.23. The van der Waals surface area contributed by atoms with Crippen molar-refractivity contribution in [3.05, 3.63) is 18.2 Å². The van der Waals surface area contributed by atoms with Gasteiger partial charge in [0, 0.05) is 18.7 Å². The number of piperidine rings is 1. The average molecular weight is 347 g/mol. The van der Waals surface area contributed by atoms with Crippen molar-refractivity contribution < 1.29 is 18.7 Å². The van der Waals surface area contributed by atoms with E-state index in [0.29, 0.717) is 28.4 Å². The molecule has 126 valence electrons. The first kappa shape index (κ1) is 15.3. The van der Waals surface area contributed by atoms with Crippen molar-refractivity contribution in [2.75, 3.05) is 25.6 Å². The number of hydrogen-bond acceptors (Lipinski definition) is 7. The summed E-state index contributed by atoms with van der Waals surface area (Å²) in [7, 11) is 0. The third kappa shape index (κ3) is 3.19. The van der Waals surface area contributed by atoms with Gasteiger partial charge in [-0.3, -0.25) is 4.79 Å². The summed E-state index contributed by atoms with van der Waals surface area (Å²) in [5, 5.41) is 8.45. The molecule has 2 aromatic rings. The van der Waals surface area contributed by atoms with Gasteiger partial charge in [-0.25, -0.2) is 0 Å². The van der Waals surface area contributed by atoms with Crippen molar-refractivity contribution >= 4 is 17.7 Å². The van der Waals surface area contributed by atoms with E-state index in [9.17, 15) is 4.79 Å². The first-order valence-electron chi connectivity index (χ1n) is 7.94. The fraction of sp³-hybridized carbons (Fsp3) is 0.438. The Labute approximate surface area is 143 Å². The molecule has 4 rings (SSSR count). The van der Waals surface area contributed by atoms with E-state index in [0.717, 1.165) is 31.5 Å². The summed E-state index contributed by atoms with van der Waals surface area (Å²) in [6, 6.07) is 5.46. The highest BCUT2D eigenvalue weighted by atomic mass is 32.2. The zero-order valence-corrected chi connectivity index (χ0v) is 13.9. The summed E-state index contributed by atoms with van der Waals surface area (Å²) in [6.07, 6.45) is 3.38. The van der Waals surface area contributed by atoms with Crippen LogP contribution in [0.1, 0.15) is 19.3 Å². The van der Waals surface area contributed by atoms with Crippen molar-refractivity contribution in [3.8, 4) is 23.0 Å². The lowest BCUT2D eigenvalue weighted by molar-refractivity contribution is -0.129. The second-order valence-electron chi connectivity index (χ2n) is 5.67. The van der Waals surface area contributed by atoms with Gasteiger partial charge in [0.25, 0.3) is 5.22 Å². The quantitative estimate of drug-likeness (QED) is 0.787. The molecule has 8 heteroatoms. The molecule has 0 spiro atoms. The van der Waals surface area contributed by atoms with Gasteiger partial charge in [-0.1, -0.05) is 11.8 Å². The minimum absolute atomic E-state index is 0.127. The molecule has 2 aliphatic heterocycles. The van der Waals surface area contributed by atoms with Crippen LogP contribution >= 0.6 is 11.8 Å². The van der Waals surface area contributed by atoms with E-state index in [2.05, 4.69) is 10.2 Å². The van der Waals surface area contributed by atoms with Crippen LogP contribution in [-0.4, -0.2) is 46.6 Å². The van der Waals surface area contributed by atoms with E-state index in [4.69, 9.17) is 13.9 Å². The number of nitrogens with zero attached hydrogens (tertiary/aromatic N) is 3. The molecule has 0 N–H and O–H groups in total.